The van der Waals surface area contributed by atoms with Crippen molar-refractivity contribution >= 4 is 30.9 Å². The monoisotopic (exact) mass is 432 g/mol. The van der Waals surface area contributed by atoms with Gasteiger partial charge in [0.2, 0.25) is 10.0 Å². The van der Waals surface area contributed by atoms with E-state index in [9.17, 15) is 16.8 Å². The summed E-state index contributed by atoms with van der Waals surface area (Å²) < 4.78 is 54.9. The Bertz CT molecular complexity index is 1240. The van der Waals surface area contributed by atoms with Crippen LogP contribution in [0.2, 0.25) is 0 Å². The summed E-state index contributed by atoms with van der Waals surface area (Å²) in [6.07, 6.45) is 2.49. The van der Waals surface area contributed by atoms with Crippen molar-refractivity contribution in [2.75, 3.05) is 13.1 Å². The molecule has 0 aliphatic carbocycles. The van der Waals surface area contributed by atoms with Crippen LogP contribution < -0.4 is 0 Å². The molecular weight excluding hydrogens is 408 g/mol. The van der Waals surface area contributed by atoms with Crippen molar-refractivity contribution in [3.05, 3.63) is 60.8 Å². The van der Waals surface area contributed by atoms with Gasteiger partial charge in [-0.15, -0.1) is 0 Å². The summed E-state index contributed by atoms with van der Waals surface area (Å²) in [7, 11) is -7.37. The Hall–Kier alpha value is -2.16. The lowest BCUT2D eigenvalue weighted by molar-refractivity contribution is 0.222. The lowest BCUT2D eigenvalue weighted by Gasteiger charge is -2.34. The number of benzene rings is 2. The van der Waals surface area contributed by atoms with Crippen LogP contribution in [-0.4, -0.2) is 38.2 Å². The standard InChI is InChI=1S/C21H24N2O4S2/c1-16-12-17(2)15-22(14-16)28(24,25)20-8-9-21-18(13-20)10-11-23(21)29(26,27)19-6-4-3-5-7-19/h3-11,13,16-17H,12,14-15H2,1-2H3/t16-,17-/m1/s1. The molecule has 2 heterocycles. The van der Waals surface area contributed by atoms with E-state index in [-0.39, 0.29) is 9.79 Å². The fourth-order valence-electron chi connectivity index (χ4n) is 4.12. The van der Waals surface area contributed by atoms with Gasteiger partial charge in [0.05, 0.1) is 15.3 Å². The second-order valence-corrected chi connectivity index (χ2v) is 11.7. The van der Waals surface area contributed by atoms with Crippen LogP contribution in [0.4, 0.5) is 0 Å². The molecule has 1 aliphatic rings. The minimum absolute atomic E-state index is 0.186. The zero-order valence-corrected chi connectivity index (χ0v) is 18.0. The van der Waals surface area contributed by atoms with Crippen molar-refractivity contribution in [3.8, 4) is 0 Å². The summed E-state index contributed by atoms with van der Waals surface area (Å²) in [5.41, 5.74) is 0.452. The molecule has 4 rings (SSSR count). The Balaban J connectivity index is 1.74. The fourth-order valence-corrected chi connectivity index (χ4v) is 7.21. The summed E-state index contributed by atoms with van der Waals surface area (Å²) in [6, 6.07) is 14.4. The molecule has 0 radical (unpaired) electrons. The molecular formula is C21H24N2O4S2. The van der Waals surface area contributed by atoms with Crippen molar-refractivity contribution in [2.24, 2.45) is 11.8 Å². The van der Waals surface area contributed by atoms with Gasteiger partial charge in [-0.25, -0.2) is 20.8 Å². The molecule has 2 aromatic carbocycles. The average Bonchev–Trinajstić information content (AvgIpc) is 3.12. The lowest BCUT2D eigenvalue weighted by Crippen LogP contribution is -2.42. The third kappa shape index (κ3) is 3.60. The van der Waals surface area contributed by atoms with Crippen LogP contribution in [0.15, 0.2) is 70.6 Å². The first kappa shape index (κ1) is 20.1. The molecule has 3 aromatic rings. The topological polar surface area (TPSA) is 76.5 Å². The first-order valence-electron chi connectivity index (χ1n) is 9.61. The minimum atomic E-state index is -3.75. The number of hydrogen-bond donors (Lipinski definition) is 0. The maximum atomic E-state index is 13.1. The molecule has 0 bridgehead atoms. The van der Waals surface area contributed by atoms with Crippen LogP contribution in [0.25, 0.3) is 10.9 Å². The molecule has 154 valence electrons. The van der Waals surface area contributed by atoms with Gasteiger partial charge in [0.25, 0.3) is 10.0 Å². The van der Waals surface area contributed by atoms with Gasteiger partial charge in [0.15, 0.2) is 0 Å². The molecule has 1 aromatic heterocycles. The smallest absolute Gasteiger partial charge is 0.241 e. The van der Waals surface area contributed by atoms with Crippen LogP contribution in [0.1, 0.15) is 20.3 Å². The SMILES string of the molecule is C[C@@H]1C[C@@H](C)CN(S(=O)(=O)c2ccc3c(ccn3S(=O)(=O)c3ccccc3)c2)C1. The molecule has 1 saturated heterocycles. The van der Waals surface area contributed by atoms with Crippen molar-refractivity contribution in [3.63, 3.8) is 0 Å². The predicted octanol–water partition coefficient (Wildman–Crippen LogP) is 3.54. The minimum Gasteiger partial charge on any atom is -0.241 e. The van der Waals surface area contributed by atoms with Crippen LogP contribution >= 0.6 is 0 Å². The summed E-state index contributed by atoms with van der Waals surface area (Å²) in [5, 5.41) is 0.573. The summed E-state index contributed by atoms with van der Waals surface area (Å²) in [4.78, 5) is 0.381. The van der Waals surface area contributed by atoms with E-state index in [1.165, 1.54) is 16.2 Å². The van der Waals surface area contributed by atoms with Crippen molar-refractivity contribution in [1.29, 1.82) is 0 Å². The molecule has 0 spiro atoms. The number of rotatable bonds is 4. The molecule has 6 nitrogen and oxygen atoms in total. The molecule has 29 heavy (non-hydrogen) atoms. The second-order valence-electron chi connectivity index (χ2n) is 7.92. The third-order valence-electron chi connectivity index (χ3n) is 5.40. The highest BCUT2D eigenvalue weighted by atomic mass is 32.2. The molecule has 1 aliphatic heterocycles. The third-order valence-corrected chi connectivity index (χ3v) is 8.93. The van der Waals surface area contributed by atoms with Crippen LogP contribution in [0.3, 0.4) is 0 Å². The van der Waals surface area contributed by atoms with Gasteiger partial charge in [0.1, 0.15) is 0 Å². The van der Waals surface area contributed by atoms with Gasteiger partial charge in [-0.05, 0) is 54.7 Å². The normalized spacial score (nSPS) is 21.4. The summed E-state index contributed by atoms with van der Waals surface area (Å²) in [6.45, 7) is 5.15. The van der Waals surface area contributed by atoms with Gasteiger partial charge in [0, 0.05) is 24.7 Å². The van der Waals surface area contributed by atoms with Gasteiger partial charge in [-0.3, -0.25) is 0 Å². The first-order valence-corrected chi connectivity index (χ1v) is 12.5. The van der Waals surface area contributed by atoms with E-state index in [0.717, 1.165) is 6.42 Å². The van der Waals surface area contributed by atoms with Gasteiger partial charge in [-0.2, -0.15) is 4.31 Å². The zero-order valence-electron chi connectivity index (χ0n) is 16.4. The summed E-state index contributed by atoms with van der Waals surface area (Å²) >= 11 is 0. The molecule has 0 amide bonds. The Morgan fingerprint density at radius 3 is 2.10 bits per heavy atom. The largest absolute Gasteiger partial charge is 0.268 e. The number of aromatic nitrogens is 1. The van der Waals surface area contributed by atoms with E-state index in [0.29, 0.717) is 35.8 Å². The van der Waals surface area contributed by atoms with Crippen LogP contribution in [-0.2, 0) is 20.0 Å². The molecule has 0 N–H and O–H groups in total. The van der Waals surface area contributed by atoms with E-state index in [4.69, 9.17) is 0 Å². The zero-order chi connectivity index (χ0) is 20.8. The molecule has 1 fully saturated rings. The maximum absolute atomic E-state index is 13.1. The first-order chi connectivity index (χ1) is 13.7. The van der Waals surface area contributed by atoms with E-state index < -0.39 is 20.0 Å². The Labute approximate surface area is 171 Å². The van der Waals surface area contributed by atoms with E-state index in [2.05, 4.69) is 13.8 Å². The van der Waals surface area contributed by atoms with Crippen molar-refractivity contribution < 1.29 is 16.8 Å². The average molecular weight is 433 g/mol. The fraction of sp³-hybridized carbons (Fsp3) is 0.333. The van der Waals surface area contributed by atoms with Crippen molar-refractivity contribution in [1.82, 2.24) is 8.28 Å². The van der Waals surface area contributed by atoms with Crippen LogP contribution in [0.5, 0.6) is 0 Å². The quantitative estimate of drug-likeness (QED) is 0.632. The molecule has 2 atom stereocenters. The highest BCUT2D eigenvalue weighted by molar-refractivity contribution is 7.90. The second kappa shape index (κ2) is 7.27. The lowest BCUT2D eigenvalue weighted by atomic mass is 9.94. The summed E-state index contributed by atoms with van der Waals surface area (Å²) in [5.74, 6) is 0.628. The van der Waals surface area contributed by atoms with E-state index >= 15 is 0 Å². The molecule has 8 heteroatoms. The van der Waals surface area contributed by atoms with E-state index in [1.807, 2.05) is 0 Å². The number of hydrogen-bond acceptors (Lipinski definition) is 4. The molecule has 0 saturated carbocycles. The number of nitrogens with zero attached hydrogens (tertiary/aromatic N) is 2. The number of piperidine rings is 1. The van der Waals surface area contributed by atoms with Crippen LogP contribution in [0, 0.1) is 11.8 Å². The van der Waals surface area contributed by atoms with Gasteiger partial charge >= 0.3 is 0 Å². The highest BCUT2D eigenvalue weighted by Gasteiger charge is 2.32. The predicted molar refractivity (Wildman–Crippen MR) is 113 cm³/mol. The Morgan fingerprint density at radius 1 is 0.793 bits per heavy atom. The maximum Gasteiger partial charge on any atom is 0.268 e. The molecule has 0 unspecified atom stereocenters. The van der Waals surface area contributed by atoms with E-state index in [1.54, 1.807) is 52.8 Å². The van der Waals surface area contributed by atoms with Crippen molar-refractivity contribution in [2.45, 2.75) is 30.1 Å². The Morgan fingerprint density at radius 2 is 1.45 bits per heavy atom. The van der Waals surface area contributed by atoms with Gasteiger partial charge in [-0.1, -0.05) is 32.0 Å². The number of sulfonamides is 1. The van der Waals surface area contributed by atoms with Gasteiger partial charge < -0.3 is 0 Å². The number of fused-ring (bicyclic) bond motifs is 1. The highest BCUT2D eigenvalue weighted by Crippen LogP contribution is 2.29. The Kier molecular flexibility index (Phi) is 5.04.